The summed E-state index contributed by atoms with van der Waals surface area (Å²) in [4.78, 5) is 10.8. The van der Waals surface area contributed by atoms with E-state index >= 15 is 0 Å². The molecule has 0 aliphatic heterocycles. The Bertz CT molecular complexity index is 644. The van der Waals surface area contributed by atoms with Gasteiger partial charge in [0.2, 0.25) is 0 Å². The van der Waals surface area contributed by atoms with Crippen LogP contribution in [0.1, 0.15) is 12.0 Å². The van der Waals surface area contributed by atoms with Crippen molar-refractivity contribution in [2.45, 2.75) is 26.0 Å². The number of carbonyl (C=O) groups is 1. The van der Waals surface area contributed by atoms with Gasteiger partial charge in [-0.15, -0.1) is 5.10 Å². The molecule has 1 atom stereocenters. The van der Waals surface area contributed by atoms with E-state index in [0.29, 0.717) is 5.82 Å². The maximum absolute atomic E-state index is 10.8. The lowest BCUT2D eigenvalue weighted by Crippen LogP contribution is -2.23. The van der Waals surface area contributed by atoms with Crippen molar-refractivity contribution in [3.05, 3.63) is 28.2 Å². The summed E-state index contributed by atoms with van der Waals surface area (Å²) in [5, 5.41) is 20.4. The fraction of sp³-hybridized carbons (Fsp3) is 0.385. The summed E-state index contributed by atoms with van der Waals surface area (Å²) in [6.07, 6.45) is -0.598. The van der Waals surface area contributed by atoms with Crippen molar-refractivity contribution >= 4 is 21.9 Å². The minimum Gasteiger partial charge on any atom is -0.481 e. The summed E-state index contributed by atoms with van der Waals surface area (Å²) < 4.78 is 7.59. The average Bonchev–Trinajstić information content (AvgIpc) is 2.85. The first kappa shape index (κ1) is 15.6. The molecule has 0 bridgehead atoms. The van der Waals surface area contributed by atoms with Crippen LogP contribution >= 0.6 is 15.9 Å². The molecule has 2 aromatic rings. The Hall–Kier alpha value is -1.80. The number of halogens is 1. The summed E-state index contributed by atoms with van der Waals surface area (Å²) in [6.45, 7) is 2.26. The van der Waals surface area contributed by atoms with E-state index < -0.39 is 12.1 Å². The van der Waals surface area contributed by atoms with Crippen LogP contribution in [0.5, 0.6) is 0 Å². The van der Waals surface area contributed by atoms with Crippen molar-refractivity contribution in [2.75, 3.05) is 7.11 Å². The van der Waals surface area contributed by atoms with Crippen molar-refractivity contribution < 1.29 is 14.6 Å². The highest BCUT2D eigenvalue weighted by atomic mass is 79.9. The lowest BCUT2D eigenvalue weighted by molar-refractivity contribution is -0.139. The number of aliphatic carboxylic acids is 1. The molecule has 0 spiro atoms. The summed E-state index contributed by atoms with van der Waals surface area (Å²) in [6, 6.07) is 5.85. The van der Waals surface area contributed by atoms with Gasteiger partial charge in [0.15, 0.2) is 5.82 Å². The average molecular weight is 355 g/mol. The highest BCUT2D eigenvalue weighted by molar-refractivity contribution is 9.10. The van der Waals surface area contributed by atoms with Crippen molar-refractivity contribution in [1.82, 2.24) is 20.2 Å². The fourth-order valence-corrected chi connectivity index (χ4v) is 2.60. The van der Waals surface area contributed by atoms with Gasteiger partial charge in [0, 0.05) is 17.1 Å². The Morgan fingerprint density at radius 1 is 1.52 bits per heavy atom. The number of hydrogen-bond donors (Lipinski definition) is 1. The standard InChI is InChI=1S/C13H15BrN4O3/c1-8-3-4-10(11(14)5-8)13-15-16-17-18(13)7-9(21-2)6-12(19)20/h3-5,9H,6-7H2,1-2H3,(H,19,20). The molecule has 8 heteroatoms. The molecule has 7 nitrogen and oxygen atoms in total. The lowest BCUT2D eigenvalue weighted by atomic mass is 10.1. The molecule has 21 heavy (non-hydrogen) atoms. The van der Waals surface area contributed by atoms with Gasteiger partial charge in [-0.3, -0.25) is 4.79 Å². The Morgan fingerprint density at radius 3 is 2.90 bits per heavy atom. The van der Waals surface area contributed by atoms with E-state index in [9.17, 15) is 4.79 Å². The quantitative estimate of drug-likeness (QED) is 0.851. The van der Waals surface area contributed by atoms with Gasteiger partial charge in [-0.2, -0.15) is 0 Å². The maximum atomic E-state index is 10.8. The predicted molar refractivity (Wildman–Crippen MR) is 78.7 cm³/mol. The molecule has 112 valence electrons. The van der Waals surface area contributed by atoms with Gasteiger partial charge in [-0.1, -0.05) is 22.0 Å². The van der Waals surface area contributed by atoms with Gasteiger partial charge >= 0.3 is 5.97 Å². The molecular weight excluding hydrogens is 340 g/mol. The van der Waals surface area contributed by atoms with E-state index in [4.69, 9.17) is 9.84 Å². The van der Waals surface area contributed by atoms with Crippen LogP contribution in [0.2, 0.25) is 0 Å². The molecule has 1 aromatic carbocycles. The van der Waals surface area contributed by atoms with Gasteiger partial charge in [0.1, 0.15) is 0 Å². The Morgan fingerprint density at radius 2 is 2.29 bits per heavy atom. The first-order chi connectivity index (χ1) is 10.0. The topological polar surface area (TPSA) is 90.1 Å². The number of aromatic nitrogens is 4. The third-order valence-electron chi connectivity index (χ3n) is 3.01. The maximum Gasteiger partial charge on any atom is 0.306 e. The zero-order valence-corrected chi connectivity index (χ0v) is 13.2. The number of carboxylic acid groups (broad SMARTS) is 1. The van der Waals surface area contributed by atoms with Crippen LogP contribution < -0.4 is 0 Å². The normalized spacial score (nSPS) is 12.3. The molecule has 1 heterocycles. The van der Waals surface area contributed by atoms with Crippen LogP contribution in [0.4, 0.5) is 0 Å². The number of methoxy groups -OCH3 is 1. The second-order valence-corrected chi connectivity index (χ2v) is 5.48. The number of hydrogen-bond acceptors (Lipinski definition) is 5. The van der Waals surface area contributed by atoms with Crippen molar-refractivity contribution in [3.63, 3.8) is 0 Å². The van der Waals surface area contributed by atoms with Gasteiger partial charge in [-0.25, -0.2) is 4.68 Å². The van der Waals surface area contributed by atoms with Crippen molar-refractivity contribution in [2.24, 2.45) is 0 Å². The van der Waals surface area contributed by atoms with Crippen LogP contribution in [0.15, 0.2) is 22.7 Å². The van der Waals surface area contributed by atoms with Crippen LogP contribution in [-0.2, 0) is 16.1 Å². The first-order valence-corrected chi connectivity index (χ1v) is 7.08. The smallest absolute Gasteiger partial charge is 0.306 e. The number of benzene rings is 1. The van der Waals surface area contributed by atoms with Gasteiger partial charge in [0.25, 0.3) is 0 Å². The zero-order valence-electron chi connectivity index (χ0n) is 11.7. The van der Waals surface area contributed by atoms with E-state index in [-0.39, 0.29) is 13.0 Å². The van der Waals surface area contributed by atoms with E-state index in [1.54, 1.807) is 4.68 Å². The summed E-state index contributed by atoms with van der Waals surface area (Å²) in [5.74, 6) is -0.359. The minimum atomic E-state index is -0.923. The third kappa shape index (κ3) is 3.85. The molecule has 1 unspecified atom stereocenters. The summed E-state index contributed by atoms with van der Waals surface area (Å²) in [7, 11) is 1.47. The van der Waals surface area contributed by atoms with Gasteiger partial charge in [0.05, 0.1) is 19.1 Å². The molecule has 0 aliphatic rings. The van der Waals surface area contributed by atoms with Crippen molar-refractivity contribution in [1.29, 1.82) is 0 Å². The largest absolute Gasteiger partial charge is 0.481 e. The van der Waals surface area contributed by atoms with Crippen LogP contribution in [0.3, 0.4) is 0 Å². The Balaban J connectivity index is 2.27. The number of rotatable bonds is 6. The highest BCUT2D eigenvalue weighted by Crippen LogP contribution is 2.27. The second kappa shape index (κ2) is 6.77. The van der Waals surface area contributed by atoms with Gasteiger partial charge < -0.3 is 9.84 Å². The number of ether oxygens (including phenoxy) is 1. The van der Waals surface area contributed by atoms with Gasteiger partial charge in [-0.05, 0) is 35.0 Å². The number of carboxylic acids is 1. The minimum absolute atomic E-state index is 0.106. The van der Waals surface area contributed by atoms with E-state index in [1.165, 1.54) is 7.11 Å². The number of aryl methyl sites for hydroxylation is 1. The molecule has 1 N–H and O–H groups in total. The third-order valence-corrected chi connectivity index (χ3v) is 3.67. The molecule has 1 aromatic heterocycles. The van der Waals surface area contributed by atoms with E-state index in [0.717, 1.165) is 15.6 Å². The molecule has 0 aliphatic carbocycles. The Labute approximate surface area is 130 Å². The van der Waals surface area contributed by atoms with E-state index in [2.05, 4.69) is 31.5 Å². The summed E-state index contributed by atoms with van der Waals surface area (Å²) >= 11 is 3.49. The molecule has 2 rings (SSSR count). The first-order valence-electron chi connectivity index (χ1n) is 6.28. The molecule has 0 fully saturated rings. The lowest BCUT2D eigenvalue weighted by Gasteiger charge is -2.14. The monoisotopic (exact) mass is 354 g/mol. The Kier molecular flexibility index (Phi) is 5.03. The predicted octanol–water partition coefficient (Wildman–Crippen LogP) is 1.90. The second-order valence-electron chi connectivity index (χ2n) is 4.62. The van der Waals surface area contributed by atoms with Crippen LogP contribution in [-0.4, -0.2) is 44.5 Å². The molecule has 0 saturated carbocycles. The fourth-order valence-electron chi connectivity index (χ4n) is 1.93. The number of tetrazole rings is 1. The zero-order chi connectivity index (χ0) is 15.4. The molecule has 0 radical (unpaired) electrons. The molecular formula is C13H15BrN4O3. The SMILES string of the molecule is COC(CC(=O)O)Cn1nnnc1-c1ccc(C)cc1Br. The highest BCUT2D eigenvalue weighted by Gasteiger charge is 2.18. The van der Waals surface area contributed by atoms with E-state index in [1.807, 2.05) is 25.1 Å². The van der Waals surface area contributed by atoms with Crippen LogP contribution in [0.25, 0.3) is 11.4 Å². The van der Waals surface area contributed by atoms with Crippen molar-refractivity contribution in [3.8, 4) is 11.4 Å². The van der Waals surface area contributed by atoms with Crippen LogP contribution in [0, 0.1) is 6.92 Å². The number of nitrogens with zero attached hydrogens (tertiary/aromatic N) is 4. The molecule has 0 amide bonds. The molecule has 0 saturated heterocycles. The summed E-state index contributed by atoms with van der Waals surface area (Å²) in [5.41, 5.74) is 1.96.